The number of nitrogens with zero attached hydrogens (tertiary/aromatic N) is 2. The molecule has 0 aliphatic carbocycles. The van der Waals surface area contributed by atoms with Gasteiger partial charge >= 0.3 is 0 Å². The molecule has 68 valence electrons. The minimum Gasteiger partial charge on any atom is -0.353 e. The van der Waals surface area contributed by atoms with Gasteiger partial charge in [0.25, 0.3) is 0 Å². The summed E-state index contributed by atoms with van der Waals surface area (Å²) in [5, 5.41) is 13.9. The van der Waals surface area contributed by atoms with Crippen LogP contribution in [0.2, 0.25) is 0 Å². The highest BCUT2D eigenvalue weighted by Gasteiger charge is 1.99. The molecule has 0 aliphatic heterocycles. The Morgan fingerprint density at radius 2 is 1.92 bits per heavy atom. The molecule has 0 unspecified atom stereocenters. The first-order valence-electron chi connectivity index (χ1n) is 4.05. The van der Waals surface area contributed by atoms with Crippen LogP contribution in [-0.2, 0) is 0 Å². The standard InChI is InChI=1S/C8H16N4/c1-6(2)11-8(10-5-9)12-7(3)4/h6-7H,1-4H3,(H2,10,11,12). The fourth-order valence-corrected chi connectivity index (χ4v) is 0.690. The zero-order chi connectivity index (χ0) is 9.56. The van der Waals surface area contributed by atoms with Crippen molar-refractivity contribution in [3.05, 3.63) is 0 Å². The first-order valence-corrected chi connectivity index (χ1v) is 4.05. The fourth-order valence-electron chi connectivity index (χ4n) is 0.690. The molecule has 0 aromatic carbocycles. The van der Waals surface area contributed by atoms with E-state index >= 15 is 0 Å². The van der Waals surface area contributed by atoms with Crippen LogP contribution in [0.1, 0.15) is 27.7 Å². The smallest absolute Gasteiger partial charge is 0.205 e. The molecule has 0 saturated carbocycles. The molecule has 0 amide bonds. The van der Waals surface area contributed by atoms with Crippen LogP contribution in [0.5, 0.6) is 0 Å². The fraction of sp³-hybridized carbons (Fsp3) is 0.750. The number of nitrogens with one attached hydrogen (secondary N) is 2. The van der Waals surface area contributed by atoms with Crippen molar-refractivity contribution in [2.24, 2.45) is 4.99 Å². The van der Waals surface area contributed by atoms with E-state index in [1.54, 1.807) is 0 Å². The van der Waals surface area contributed by atoms with E-state index in [0.717, 1.165) is 0 Å². The molecule has 4 heteroatoms. The average molecular weight is 168 g/mol. The predicted octanol–water partition coefficient (Wildman–Crippen LogP) is 0.819. The van der Waals surface area contributed by atoms with Crippen LogP contribution in [0.25, 0.3) is 0 Å². The van der Waals surface area contributed by atoms with E-state index in [1.807, 2.05) is 33.9 Å². The number of hydrogen-bond donors (Lipinski definition) is 2. The Labute approximate surface area is 73.7 Å². The second kappa shape index (κ2) is 5.42. The van der Waals surface area contributed by atoms with E-state index < -0.39 is 0 Å². The molecule has 12 heavy (non-hydrogen) atoms. The van der Waals surface area contributed by atoms with Crippen molar-refractivity contribution in [1.82, 2.24) is 10.6 Å². The van der Waals surface area contributed by atoms with Gasteiger partial charge in [-0.1, -0.05) is 0 Å². The minimum atomic E-state index is 0.187. The first kappa shape index (κ1) is 10.8. The molecule has 0 saturated heterocycles. The summed E-state index contributed by atoms with van der Waals surface area (Å²) >= 11 is 0. The van der Waals surface area contributed by atoms with Gasteiger partial charge in [0.2, 0.25) is 5.96 Å². The zero-order valence-corrected chi connectivity index (χ0v) is 8.05. The summed E-state index contributed by atoms with van der Waals surface area (Å²) in [6.45, 7) is 7.91. The van der Waals surface area contributed by atoms with Gasteiger partial charge in [0.05, 0.1) is 0 Å². The highest BCUT2D eigenvalue weighted by atomic mass is 15.2. The van der Waals surface area contributed by atoms with E-state index in [1.165, 1.54) is 0 Å². The SMILES string of the molecule is CC(C)N=C(NC#N)NC(C)C. The summed E-state index contributed by atoms with van der Waals surface area (Å²) in [6.07, 6.45) is 1.84. The van der Waals surface area contributed by atoms with E-state index in [-0.39, 0.29) is 12.1 Å². The Morgan fingerprint density at radius 1 is 1.33 bits per heavy atom. The Kier molecular flexibility index (Phi) is 4.86. The normalized spacial score (nSPS) is 11.6. The number of aliphatic imine (C=N–C) groups is 1. The zero-order valence-electron chi connectivity index (χ0n) is 8.05. The molecule has 0 aromatic rings. The number of nitriles is 1. The Morgan fingerprint density at radius 3 is 2.25 bits per heavy atom. The molecule has 2 N–H and O–H groups in total. The quantitative estimate of drug-likeness (QED) is 0.278. The van der Waals surface area contributed by atoms with Crippen LogP contribution in [0.4, 0.5) is 0 Å². The third-order valence-electron chi connectivity index (χ3n) is 0.987. The highest BCUT2D eigenvalue weighted by Crippen LogP contribution is 1.86. The van der Waals surface area contributed by atoms with Gasteiger partial charge in [-0.3, -0.25) is 5.32 Å². The van der Waals surface area contributed by atoms with Crippen LogP contribution in [0, 0.1) is 11.5 Å². The van der Waals surface area contributed by atoms with Gasteiger partial charge in [0.15, 0.2) is 6.19 Å². The minimum absolute atomic E-state index is 0.187. The Hall–Kier alpha value is -1.24. The molecule has 0 radical (unpaired) electrons. The summed E-state index contributed by atoms with van der Waals surface area (Å²) < 4.78 is 0. The van der Waals surface area contributed by atoms with Gasteiger partial charge in [0.1, 0.15) is 0 Å². The molecule has 0 aliphatic rings. The molecule has 0 bridgehead atoms. The molecular weight excluding hydrogens is 152 g/mol. The second-order valence-electron chi connectivity index (χ2n) is 3.11. The topological polar surface area (TPSA) is 60.2 Å². The summed E-state index contributed by atoms with van der Waals surface area (Å²) in [4.78, 5) is 4.18. The molecule has 0 heterocycles. The lowest BCUT2D eigenvalue weighted by molar-refractivity contribution is 0.704. The molecular formula is C8H16N4. The maximum absolute atomic E-state index is 8.38. The molecule has 0 rings (SSSR count). The van der Waals surface area contributed by atoms with Crippen molar-refractivity contribution in [1.29, 1.82) is 5.26 Å². The predicted molar refractivity (Wildman–Crippen MR) is 49.6 cm³/mol. The molecule has 4 nitrogen and oxygen atoms in total. The number of rotatable bonds is 2. The third-order valence-corrected chi connectivity index (χ3v) is 0.987. The largest absolute Gasteiger partial charge is 0.353 e. The van der Waals surface area contributed by atoms with Gasteiger partial charge in [-0.15, -0.1) is 0 Å². The molecule has 0 fully saturated rings. The van der Waals surface area contributed by atoms with Gasteiger partial charge in [-0.25, -0.2) is 4.99 Å². The lowest BCUT2D eigenvalue weighted by Crippen LogP contribution is -2.39. The lowest BCUT2D eigenvalue weighted by atomic mass is 10.4. The molecule has 0 spiro atoms. The van der Waals surface area contributed by atoms with Crippen molar-refractivity contribution in [2.75, 3.05) is 0 Å². The van der Waals surface area contributed by atoms with Crippen molar-refractivity contribution >= 4 is 5.96 Å². The summed E-state index contributed by atoms with van der Waals surface area (Å²) in [5.41, 5.74) is 0. The highest BCUT2D eigenvalue weighted by molar-refractivity contribution is 5.81. The first-order chi connectivity index (χ1) is 5.56. The van der Waals surface area contributed by atoms with Crippen LogP contribution in [0.15, 0.2) is 4.99 Å². The van der Waals surface area contributed by atoms with Gasteiger partial charge in [-0.2, -0.15) is 5.26 Å². The summed E-state index contributed by atoms with van der Waals surface area (Å²) in [5.74, 6) is 0.544. The molecule has 0 aromatic heterocycles. The second-order valence-corrected chi connectivity index (χ2v) is 3.11. The Bertz CT molecular complexity index is 188. The lowest BCUT2D eigenvalue weighted by Gasteiger charge is -2.11. The third kappa shape index (κ3) is 5.54. The average Bonchev–Trinajstić information content (AvgIpc) is 1.84. The van der Waals surface area contributed by atoms with Gasteiger partial charge < -0.3 is 5.32 Å². The Balaban J connectivity index is 4.14. The summed E-state index contributed by atoms with van der Waals surface area (Å²) in [7, 11) is 0. The molecule has 0 atom stereocenters. The van der Waals surface area contributed by atoms with Crippen molar-refractivity contribution in [3.8, 4) is 6.19 Å². The van der Waals surface area contributed by atoms with Crippen LogP contribution in [-0.4, -0.2) is 18.0 Å². The van der Waals surface area contributed by atoms with Crippen molar-refractivity contribution in [2.45, 2.75) is 39.8 Å². The van der Waals surface area contributed by atoms with E-state index in [2.05, 4.69) is 15.6 Å². The summed E-state index contributed by atoms with van der Waals surface area (Å²) in [6, 6.07) is 0.468. The monoisotopic (exact) mass is 168 g/mol. The maximum Gasteiger partial charge on any atom is 0.205 e. The maximum atomic E-state index is 8.38. The van der Waals surface area contributed by atoms with Crippen molar-refractivity contribution < 1.29 is 0 Å². The van der Waals surface area contributed by atoms with Crippen LogP contribution >= 0.6 is 0 Å². The van der Waals surface area contributed by atoms with Gasteiger partial charge in [0, 0.05) is 12.1 Å². The van der Waals surface area contributed by atoms with E-state index in [0.29, 0.717) is 5.96 Å². The van der Waals surface area contributed by atoms with Crippen LogP contribution in [0.3, 0.4) is 0 Å². The van der Waals surface area contributed by atoms with Crippen molar-refractivity contribution in [3.63, 3.8) is 0 Å². The van der Waals surface area contributed by atoms with E-state index in [9.17, 15) is 0 Å². The number of guanidine groups is 1. The van der Waals surface area contributed by atoms with Gasteiger partial charge in [-0.05, 0) is 27.7 Å². The van der Waals surface area contributed by atoms with E-state index in [4.69, 9.17) is 5.26 Å². The number of hydrogen-bond acceptors (Lipinski definition) is 2. The van der Waals surface area contributed by atoms with Crippen LogP contribution < -0.4 is 10.6 Å².